The molecule has 0 aliphatic heterocycles. The van der Waals surface area contributed by atoms with Gasteiger partial charge in [-0.25, -0.2) is 4.98 Å². The van der Waals surface area contributed by atoms with Gasteiger partial charge in [0.05, 0.1) is 31.3 Å². The van der Waals surface area contributed by atoms with Gasteiger partial charge in [0, 0.05) is 23.6 Å². The Morgan fingerprint density at radius 2 is 2.12 bits per heavy atom. The van der Waals surface area contributed by atoms with E-state index < -0.39 is 0 Å². The van der Waals surface area contributed by atoms with Gasteiger partial charge in [-0.3, -0.25) is 4.79 Å². The summed E-state index contributed by atoms with van der Waals surface area (Å²) in [6.45, 7) is 1.77. The molecule has 0 aliphatic rings. The third kappa shape index (κ3) is 3.54. The van der Waals surface area contributed by atoms with Crippen molar-refractivity contribution in [2.75, 3.05) is 12.4 Å². The number of carbonyl (C=O) groups is 1. The number of anilines is 1. The maximum atomic E-state index is 12.8. The molecule has 3 aromatic rings. The quantitative estimate of drug-likeness (QED) is 0.750. The summed E-state index contributed by atoms with van der Waals surface area (Å²) in [5.74, 6) is 0.344. The number of hydrogen-bond donors (Lipinski definition) is 2. The van der Waals surface area contributed by atoms with Crippen LogP contribution in [0.2, 0.25) is 0 Å². The highest BCUT2D eigenvalue weighted by atomic mass is 16.5. The molecule has 0 fully saturated rings. The standard InChI is InChI=1S/C19H19N3O3/c1-13-3-5-17(22-8-7-20-12-22)16(9-13)19(24)21-15-4-6-18(25-2)14(10-15)11-23/h3-10,12,23H,11H2,1-2H3,(H,21,24). The van der Waals surface area contributed by atoms with Gasteiger partial charge in [-0.1, -0.05) is 11.6 Å². The van der Waals surface area contributed by atoms with E-state index in [1.165, 1.54) is 7.11 Å². The van der Waals surface area contributed by atoms with Crippen LogP contribution in [0.25, 0.3) is 5.69 Å². The van der Waals surface area contributed by atoms with Crippen LogP contribution in [-0.4, -0.2) is 27.7 Å². The molecular formula is C19H19N3O3. The summed E-state index contributed by atoms with van der Waals surface area (Å²) in [6.07, 6.45) is 5.11. The minimum atomic E-state index is -0.235. The monoisotopic (exact) mass is 337 g/mol. The Balaban J connectivity index is 1.93. The average Bonchev–Trinajstić information content (AvgIpc) is 3.16. The topological polar surface area (TPSA) is 76.4 Å². The van der Waals surface area contributed by atoms with Crippen molar-refractivity contribution in [3.05, 3.63) is 71.8 Å². The second kappa shape index (κ2) is 7.19. The van der Waals surface area contributed by atoms with Gasteiger partial charge < -0.3 is 19.7 Å². The lowest BCUT2D eigenvalue weighted by molar-refractivity contribution is 0.102. The molecule has 0 saturated carbocycles. The Kier molecular flexibility index (Phi) is 4.81. The first-order chi connectivity index (χ1) is 12.1. The normalized spacial score (nSPS) is 10.5. The maximum Gasteiger partial charge on any atom is 0.257 e. The number of rotatable bonds is 5. The number of carbonyl (C=O) groups excluding carboxylic acids is 1. The number of aryl methyl sites for hydroxylation is 1. The van der Waals surface area contributed by atoms with E-state index in [4.69, 9.17) is 4.74 Å². The number of nitrogens with one attached hydrogen (secondary N) is 1. The number of nitrogens with zero attached hydrogens (tertiary/aromatic N) is 2. The van der Waals surface area contributed by atoms with Gasteiger partial charge in [0.25, 0.3) is 5.91 Å². The van der Waals surface area contributed by atoms with Crippen LogP contribution in [0.15, 0.2) is 55.1 Å². The second-order valence-corrected chi connectivity index (χ2v) is 5.63. The molecule has 0 spiro atoms. The highest BCUT2D eigenvalue weighted by Crippen LogP contribution is 2.24. The largest absolute Gasteiger partial charge is 0.496 e. The van der Waals surface area contributed by atoms with E-state index in [0.29, 0.717) is 22.6 Å². The molecule has 0 radical (unpaired) electrons. The summed E-state index contributed by atoms with van der Waals surface area (Å²) in [4.78, 5) is 16.8. The fourth-order valence-electron chi connectivity index (χ4n) is 2.64. The van der Waals surface area contributed by atoms with Gasteiger partial charge in [0.1, 0.15) is 5.75 Å². The summed E-state index contributed by atoms with van der Waals surface area (Å²) in [5, 5.41) is 12.3. The van der Waals surface area contributed by atoms with Crippen molar-refractivity contribution in [3.63, 3.8) is 0 Å². The predicted octanol–water partition coefficient (Wildman–Crippen LogP) is 2.93. The Hall–Kier alpha value is -3.12. The molecule has 6 heteroatoms. The number of methoxy groups -OCH3 is 1. The van der Waals surface area contributed by atoms with Gasteiger partial charge in [-0.05, 0) is 37.3 Å². The molecule has 2 aromatic carbocycles. The molecule has 1 aromatic heterocycles. The fourth-order valence-corrected chi connectivity index (χ4v) is 2.64. The molecule has 0 atom stereocenters. The molecule has 3 rings (SSSR count). The summed E-state index contributed by atoms with van der Waals surface area (Å²) < 4.78 is 6.97. The lowest BCUT2D eigenvalue weighted by Gasteiger charge is -2.13. The lowest BCUT2D eigenvalue weighted by Crippen LogP contribution is -2.15. The fraction of sp³-hybridized carbons (Fsp3) is 0.158. The zero-order valence-corrected chi connectivity index (χ0v) is 14.1. The van der Waals surface area contributed by atoms with Gasteiger partial charge in [-0.2, -0.15) is 0 Å². The number of aromatic nitrogens is 2. The molecule has 0 aliphatic carbocycles. The molecule has 6 nitrogen and oxygen atoms in total. The van der Waals surface area contributed by atoms with E-state index in [9.17, 15) is 9.90 Å². The molecule has 0 unspecified atom stereocenters. The molecule has 0 bridgehead atoms. The van der Waals surface area contributed by atoms with Crippen LogP contribution in [0.5, 0.6) is 5.75 Å². The minimum absolute atomic E-state index is 0.169. The first kappa shape index (κ1) is 16.7. The maximum absolute atomic E-state index is 12.8. The number of hydrogen-bond acceptors (Lipinski definition) is 4. The van der Waals surface area contributed by atoms with Crippen LogP contribution in [-0.2, 0) is 6.61 Å². The highest BCUT2D eigenvalue weighted by Gasteiger charge is 2.14. The Morgan fingerprint density at radius 1 is 1.28 bits per heavy atom. The van der Waals surface area contributed by atoms with Crippen molar-refractivity contribution < 1.29 is 14.6 Å². The lowest BCUT2D eigenvalue weighted by atomic mass is 10.1. The highest BCUT2D eigenvalue weighted by molar-refractivity contribution is 6.07. The van der Waals surface area contributed by atoms with E-state index in [1.54, 1.807) is 41.5 Å². The molecular weight excluding hydrogens is 318 g/mol. The number of amides is 1. The molecule has 0 saturated heterocycles. The smallest absolute Gasteiger partial charge is 0.257 e. The van der Waals surface area contributed by atoms with Crippen molar-refractivity contribution >= 4 is 11.6 Å². The summed E-state index contributed by atoms with van der Waals surface area (Å²) >= 11 is 0. The zero-order valence-electron chi connectivity index (χ0n) is 14.1. The van der Waals surface area contributed by atoms with Crippen LogP contribution < -0.4 is 10.1 Å². The Morgan fingerprint density at radius 3 is 2.80 bits per heavy atom. The van der Waals surface area contributed by atoms with E-state index in [2.05, 4.69) is 10.3 Å². The minimum Gasteiger partial charge on any atom is -0.496 e. The van der Waals surface area contributed by atoms with E-state index in [1.807, 2.05) is 25.1 Å². The summed E-state index contributed by atoms with van der Waals surface area (Å²) in [7, 11) is 1.54. The summed E-state index contributed by atoms with van der Waals surface area (Å²) in [5.41, 5.74) is 3.47. The molecule has 25 heavy (non-hydrogen) atoms. The number of aliphatic hydroxyl groups excluding tert-OH is 1. The van der Waals surface area contributed by atoms with Crippen molar-refractivity contribution in [2.24, 2.45) is 0 Å². The van der Waals surface area contributed by atoms with E-state index in [-0.39, 0.29) is 12.5 Å². The van der Waals surface area contributed by atoms with Crippen LogP contribution in [0.4, 0.5) is 5.69 Å². The van der Waals surface area contributed by atoms with Crippen LogP contribution in [0.3, 0.4) is 0 Å². The van der Waals surface area contributed by atoms with Gasteiger partial charge >= 0.3 is 0 Å². The van der Waals surface area contributed by atoms with Crippen molar-refractivity contribution in [1.29, 1.82) is 0 Å². The molecule has 1 heterocycles. The first-order valence-electron chi connectivity index (χ1n) is 7.80. The zero-order chi connectivity index (χ0) is 17.8. The number of aliphatic hydroxyl groups is 1. The molecule has 2 N–H and O–H groups in total. The predicted molar refractivity (Wildman–Crippen MR) is 95.2 cm³/mol. The summed E-state index contributed by atoms with van der Waals surface area (Å²) in [6, 6.07) is 10.8. The van der Waals surface area contributed by atoms with Gasteiger partial charge in [-0.15, -0.1) is 0 Å². The van der Waals surface area contributed by atoms with Crippen molar-refractivity contribution in [2.45, 2.75) is 13.5 Å². The van der Waals surface area contributed by atoms with Gasteiger partial charge in [0.15, 0.2) is 0 Å². The second-order valence-electron chi connectivity index (χ2n) is 5.63. The number of imidazole rings is 1. The molecule has 128 valence electrons. The van der Waals surface area contributed by atoms with Crippen LogP contribution in [0, 0.1) is 6.92 Å². The number of ether oxygens (including phenoxy) is 1. The third-order valence-corrected chi connectivity index (χ3v) is 3.89. The molecule has 1 amide bonds. The Labute approximate surface area is 145 Å². The Bertz CT molecular complexity index is 889. The van der Waals surface area contributed by atoms with Gasteiger partial charge in [0.2, 0.25) is 0 Å². The van der Waals surface area contributed by atoms with E-state index in [0.717, 1.165) is 11.3 Å². The number of benzene rings is 2. The van der Waals surface area contributed by atoms with Crippen molar-refractivity contribution in [1.82, 2.24) is 9.55 Å². The SMILES string of the molecule is COc1ccc(NC(=O)c2cc(C)ccc2-n2ccnc2)cc1CO. The first-order valence-corrected chi connectivity index (χ1v) is 7.80. The van der Waals surface area contributed by atoms with Crippen LogP contribution in [0.1, 0.15) is 21.5 Å². The average molecular weight is 337 g/mol. The van der Waals surface area contributed by atoms with E-state index >= 15 is 0 Å². The van der Waals surface area contributed by atoms with Crippen LogP contribution >= 0.6 is 0 Å². The van der Waals surface area contributed by atoms with Crippen molar-refractivity contribution in [3.8, 4) is 11.4 Å². The third-order valence-electron chi connectivity index (χ3n) is 3.89.